The van der Waals surface area contributed by atoms with Crippen molar-refractivity contribution in [3.63, 3.8) is 0 Å². The number of carbonyl (C=O) groups is 1. The van der Waals surface area contributed by atoms with Gasteiger partial charge in [0, 0.05) is 39.1 Å². The first kappa shape index (κ1) is 15.1. The molecule has 0 radical (unpaired) electrons. The van der Waals surface area contributed by atoms with E-state index in [0.717, 1.165) is 19.5 Å². The monoisotopic (exact) mass is 265 g/mol. The molecular formula is C13H23N5O. The quantitative estimate of drug-likeness (QED) is 0.486. The highest BCUT2D eigenvalue weighted by atomic mass is 16.1. The van der Waals surface area contributed by atoms with E-state index in [-0.39, 0.29) is 12.5 Å². The van der Waals surface area contributed by atoms with Crippen molar-refractivity contribution in [3.05, 3.63) is 24.5 Å². The molecule has 19 heavy (non-hydrogen) atoms. The number of hydrogen-bond donors (Lipinski definition) is 3. The second kappa shape index (κ2) is 9.02. The van der Waals surface area contributed by atoms with Gasteiger partial charge in [0.15, 0.2) is 5.96 Å². The van der Waals surface area contributed by atoms with Crippen molar-refractivity contribution >= 4 is 11.9 Å². The molecular weight excluding hydrogens is 242 g/mol. The summed E-state index contributed by atoms with van der Waals surface area (Å²) < 4.78 is 2.08. The van der Waals surface area contributed by atoms with Crippen molar-refractivity contribution < 1.29 is 4.79 Å². The van der Waals surface area contributed by atoms with Gasteiger partial charge < -0.3 is 20.5 Å². The van der Waals surface area contributed by atoms with E-state index >= 15 is 0 Å². The Morgan fingerprint density at radius 2 is 1.89 bits per heavy atom. The fraction of sp³-hybridized carbons (Fsp3) is 0.538. The Kier molecular flexibility index (Phi) is 7.16. The molecule has 1 rings (SSSR count). The summed E-state index contributed by atoms with van der Waals surface area (Å²) in [5.41, 5.74) is 0. The van der Waals surface area contributed by atoms with Crippen LogP contribution in [0.5, 0.6) is 0 Å². The zero-order valence-corrected chi connectivity index (χ0v) is 11.6. The number of aromatic nitrogens is 1. The van der Waals surface area contributed by atoms with Crippen molar-refractivity contribution in [1.82, 2.24) is 20.5 Å². The predicted octanol–water partition coefficient (Wildman–Crippen LogP) is 0.179. The van der Waals surface area contributed by atoms with E-state index in [4.69, 9.17) is 0 Å². The fourth-order valence-electron chi connectivity index (χ4n) is 1.53. The highest BCUT2D eigenvalue weighted by Crippen LogP contribution is 1.87. The maximum Gasteiger partial charge on any atom is 0.239 e. The minimum atomic E-state index is -0.0183. The van der Waals surface area contributed by atoms with E-state index < -0.39 is 0 Å². The van der Waals surface area contributed by atoms with Crippen LogP contribution >= 0.6 is 0 Å². The molecule has 0 aromatic carbocycles. The molecule has 3 N–H and O–H groups in total. The maximum absolute atomic E-state index is 11.4. The van der Waals surface area contributed by atoms with Crippen LogP contribution in [0.25, 0.3) is 0 Å². The molecule has 1 aromatic heterocycles. The van der Waals surface area contributed by atoms with Gasteiger partial charge in [0.2, 0.25) is 5.91 Å². The molecule has 0 aliphatic heterocycles. The lowest BCUT2D eigenvalue weighted by Gasteiger charge is -2.12. The van der Waals surface area contributed by atoms with Crippen LogP contribution in [0.3, 0.4) is 0 Å². The van der Waals surface area contributed by atoms with Gasteiger partial charge in [-0.25, -0.2) is 0 Å². The Balaban J connectivity index is 2.17. The smallest absolute Gasteiger partial charge is 0.239 e. The Morgan fingerprint density at radius 1 is 1.16 bits per heavy atom. The molecule has 0 aliphatic carbocycles. The number of nitrogens with one attached hydrogen (secondary N) is 3. The molecule has 0 bridgehead atoms. The molecule has 6 heteroatoms. The molecule has 0 fully saturated rings. The van der Waals surface area contributed by atoms with Crippen LogP contribution in [-0.2, 0) is 11.3 Å². The topological polar surface area (TPSA) is 70.4 Å². The van der Waals surface area contributed by atoms with Crippen molar-refractivity contribution in [2.24, 2.45) is 4.99 Å². The van der Waals surface area contributed by atoms with Gasteiger partial charge in [-0.2, -0.15) is 0 Å². The van der Waals surface area contributed by atoms with Gasteiger partial charge in [0.05, 0.1) is 6.54 Å². The van der Waals surface area contributed by atoms with Crippen molar-refractivity contribution in [2.75, 3.05) is 26.7 Å². The summed E-state index contributed by atoms with van der Waals surface area (Å²) in [4.78, 5) is 15.5. The number of rotatable bonds is 7. The molecule has 1 heterocycles. The summed E-state index contributed by atoms with van der Waals surface area (Å²) in [6, 6.07) is 3.98. The summed E-state index contributed by atoms with van der Waals surface area (Å²) in [6.45, 7) is 4.58. The minimum absolute atomic E-state index is 0.0183. The largest absolute Gasteiger partial charge is 0.355 e. The van der Waals surface area contributed by atoms with Crippen LogP contribution in [0.15, 0.2) is 29.5 Å². The molecule has 0 spiro atoms. The van der Waals surface area contributed by atoms with Gasteiger partial charge in [-0.3, -0.25) is 9.79 Å². The lowest BCUT2D eigenvalue weighted by atomic mass is 10.4. The summed E-state index contributed by atoms with van der Waals surface area (Å²) in [5, 5.41) is 8.93. The molecule has 0 atom stereocenters. The number of hydrogen-bond acceptors (Lipinski definition) is 2. The van der Waals surface area contributed by atoms with Crippen molar-refractivity contribution in [3.8, 4) is 0 Å². The fourth-order valence-corrected chi connectivity index (χ4v) is 1.53. The number of guanidine groups is 1. The van der Waals surface area contributed by atoms with E-state index in [1.807, 2.05) is 31.5 Å². The number of aliphatic imine (C=N–C) groups is 1. The summed E-state index contributed by atoms with van der Waals surface area (Å²) in [6.07, 6.45) is 4.96. The van der Waals surface area contributed by atoms with Crippen LogP contribution in [0.2, 0.25) is 0 Å². The lowest BCUT2D eigenvalue weighted by Crippen LogP contribution is -2.44. The Bertz CT molecular complexity index is 386. The first-order chi connectivity index (χ1) is 9.26. The van der Waals surface area contributed by atoms with Gasteiger partial charge in [0.1, 0.15) is 0 Å². The van der Waals surface area contributed by atoms with E-state index in [0.29, 0.717) is 12.5 Å². The standard InChI is InChI=1S/C13H23N5O/c1-3-6-15-12(19)11-17-13(14-2)16-7-10-18-8-4-5-9-18/h4-5,8-9H,3,6-7,10-11H2,1-2H3,(H,15,19)(H2,14,16,17). The van der Waals surface area contributed by atoms with E-state index in [1.165, 1.54) is 0 Å². The maximum atomic E-state index is 11.4. The third-order valence-electron chi connectivity index (χ3n) is 2.54. The molecule has 106 valence electrons. The van der Waals surface area contributed by atoms with Gasteiger partial charge in [0.25, 0.3) is 0 Å². The zero-order valence-electron chi connectivity index (χ0n) is 11.6. The molecule has 0 saturated heterocycles. The summed E-state index contributed by atoms with van der Waals surface area (Å²) in [7, 11) is 1.69. The number of amides is 1. The molecule has 0 aliphatic rings. The van der Waals surface area contributed by atoms with Crippen LogP contribution in [-0.4, -0.2) is 43.1 Å². The van der Waals surface area contributed by atoms with E-state index in [9.17, 15) is 4.79 Å². The van der Waals surface area contributed by atoms with Crippen LogP contribution in [0.4, 0.5) is 0 Å². The highest BCUT2D eigenvalue weighted by molar-refractivity contribution is 5.86. The minimum Gasteiger partial charge on any atom is -0.355 e. The third-order valence-corrected chi connectivity index (χ3v) is 2.54. The normalized spacial score (nSPS) is 11.2. The second-order valence-electron chi connectivity index (χ2n) is 4.12. The van der Waals surface area contributed by atoms with Crippen molar-refractivity contribution in [2.45, 2.75) is 19.9 Å². The molecule has 0 unspecified atom stereocenters. The predicted molar refractivity (Wildman–Crippen MR) is 77.1 cm³/mol. The van der Waals surface area contributed by atoms with E-state index in [1.54, 1.807) is 7.05 Å². The third kappa shape index (κ3) is 6.49. The zero-order chi connectivity index (χ0) is 13.9. The summed E-state index contributed by atoms with van der Waals surface area (Å²) in [5.74, 6) is 0.619. The van der Waals surface area contributed by atoms with Gasteiger partial charge in [-0.1, -0.05) is 6.92 Å². The van der Waals surface area contributed by atoms with Gasteiger partial charge in [-0.05, 0) is 18.6 Å². The Morgan fingerprint density at radius 3 is 2.53 bits per heavy atom. The molecule has 0 saturated carbocycles. The second-order valence-corrected chi connectivity index (χ2v) is 4.12. The van der Waals surface area contributed by atoms with Gasteiger partial charge >= 0.3 is 0 Å². The molecule has 6 nitrogen and oxygen atoms in total. The summed E-state index contributed by atoms with van der Waals surface area (Å²) >= 11 is 0. The Hall–Kier alpha value is -1.98. The first-order valence-electron chi connectivity index (χ1n) is 6.58. The molecule has 1 aromatic rings. The highest BCUT2D eigenvalue weighted by Gasteiger charge is 2.02. The Labute approximate surface area is 114 Å². The average molecular weight is 265 g/mol. The number of carbonyl (C=O) groups excluding carboxylic acids is 1. The van der Waals surface area contributed by atoms with Gasteiger partial charge in [-0.15, -0.1) is 0 Å². The average Bonchev–Trinajstić information content (AvgIpc) is 2.93. The first-order valence-corrected chi connectivity index (χ1v) is 6.58. The number of nitrogens with zero attached hydrogens (tertiary/aromatic N) is 2. The molecule has 1 amide bonds. The van der Waals surface area contributed by atoms with Crippen LogP contribution in [0, 0.1) is 0 Å². The van der Waals surface area contributed by atoms with Crippen LogP contribution < -0.4 is 16.0 Å². The van der Waals surface area contributed by atoms with Crippen molar-refractivity contribution in [1.29, 1.82) is 0 Å². The van der Waals surface area contributed by atoms with Crippen LogP contribution in [0.1, 0.15) is 13.3 Å². The lowest BCUT2D eigenvalue weighted by molar-refractivity contribution is -0.120. The SMILES string of the molecule is CCCNC(=O)CNC(=NC)NCCn1cccc1. The van der Waals surface area contributed by atoms with E-state index in [2.05, 4.69) is 25.5 Å².